The van der Waals surface area contributed by atoms with Crippen LogP contribution in [0.2, 0.25) is 0 Å². The molecular formula is C23H31N3O7. The van der Waals surface area contributed by atoms with E-state index in [4.69, 9.17) is 31.9 Å². The molecule has 1 aliphatic rings. The molecule has 0 amide bonds. The first-order valence-corrected chi connectivity index (χ1v) is 10.3. The Hall–Kier alpha value is -3.47. The number of carboxylic acids is 3. The first-order chi connectivity index (χ1) is 15.6. The molecule has 3 atom stereocenters. The average Bonchev–Trinajstić information content (AvgIpc) is 3.32. The monoisotopic (exact) mass is 461 g/mol. The molecule has 0 aromatic heterocycles. The number of nitrogens with one attached hydrogen (secondary N) is 1. The van der Waals surface area contributed by atoms with E-state index in [1.807, 2.05) is 30.3 Å². The number of hydrogen-bond donors (Lipinski definition) is 7. The minimum absolute atomic E-state index is 0.160. The Balaban J connectivity index is 0.000000254. The number of phenolic OH excluding ortho intramolecular Hbond substituents is 1. The summed E-state index contributed by atoms with van der Waals surface area (Å²) in [6.45, 7) is 0.858. The maximum atomic E-state index is 10.4. The maximum Gasteiger partial charge on any atom is 0.320 e. The zero-order chi connectivity index (χ0) is 24.8. The van der Waals surface area contributed by atoms with E-state index in [-0.39, 0.29) is 18.2 Å². The largest absolute Gasteiger partial charge is 0.508 e. The van der Waals surface area contributed by atoms with E-state index in [9.17, 15) is 14.4 Å². The van der Waals surface area contributed by atoms with Crippen LogP contribution in [0.25, 0.3) is 0 Å². The minimum Gasteiger partial charge on any atom is -0.508 e. The number of nitrogens with two attached hydrogens (primary N) is 2. The van der Waals surface area contributed by atoms with Gasteiger partial charge in [-0.05, 0) is 55.5 Å². The van der Waals surface area contributed by atoms with Crippen molar-refractivity contribution in [1.82, 2.24) is 5.32 Å². The first kappa shape index (κ1) is 27.6. The molecule has 0 bridgehead atoms. The topological polar surface area (TPSA) is 196 Å². The number of rotatable bonds is 7. The zero-order valence-electron chi connectivity index (χ0n) is 18.1. The second-order valence-electron chi connectivity index (χ2n) is 7.44. The average molecular weight is 462 g/mol. The van der Waals surface area contributed by atoms with Crippen molar-refractivity contribution in [2.45, 2.75) is 43.8 Å². The highest BCUT2D eigenvalue weighted by molar-refractivity contribution is 5.74. The van der Waals surface area contributed by atoms with Gasteiger partial charge in [-0.2, -0.15) is 0 Å². The second-order valence-corrected chi connectivity index (χ2v) is 7.44. The summed E-state index contributed by atoms with van der Waals surface area (Å²) in [5.41, 5.74) is 12.4. The van der Waals surface area contributed by atoms with E-state index in [1.54, 1.807) is 12.1 Å². The van der Waals surface area contributed by atoms with Crippen LogP contribution in [0, 0.1) is 0 Å². The maximum absolute atomic E-state index is 10.4. The van der Waals surface area contributed by atoms with Crippen molar-refractivity contribution in [3.63, 3.8) is 0 Å². The summed E-state index contributed by atoms with van der Waals surface area (Å²) in [6.07, 6.45) is 2.44. The fourth-order valence-electron chi connectivity index (χ4n) is 2.82. The standard InChI is InChI=1S/C9H11NO3.C9H11NO2.C5H9NO2/c10-8(9(12)13)5-6-1-3-7(11)4-2-6;10-8(9(11)12)6-7-4-2-1-3-5-7;7-5(8)4-2-1-3-6-4/h1-4,8,11H,5,10H2,(H,12,13);1-5,8H,6,10H2,(H,11,12);4,6H,1-3H2,(H,7,8)/t2*8-;4-/m000/s1. The number of phenols is 1. The van der Waals surface area contributed by atoms with Crippen molar-refractivity contribution in [2.24, 2.45) is 11.5 Å². The van der Waals surface area contributed by atoms with Gasteiger partial charge in [-0.25, -0.2) is 0 Å². The number of carbonyl (C=O) groups is 3. The summed E-state index contributed by atoms with van der Waals surface area (Å²) in [5, 5.41) is 37.2. The molecule has 0 saturated carbocycles. The summed E-state index contributed by atoms with van der Waals surface area (Å²) in [7, 11) is 0. The van der Waals surface area contributed by atoms with Gasteiger partial charge in [0.2, 0.25) is 0 Å². The van der Waals surface area contributed by atoms with Crippen LogP contribution < -0.4 is 16.8 Å². The van der Waals surface area contributed by atoms with Crippen LogP contribution in [-0.4, -0.2) is 63.0 Å². The number of aromatic hydroxyl groups is 1. The molecule has 9 N–H and O–H groups in total. The fraction of sp³-hybridized carbons (Fsp3) is 0.348. The molecule has 1 saturated heterocycles. The molecule has 10 heteroatoms. The van der Waals surface area contributed by atoms with Gasteiger partial charge >= 0.3 is 17.9 Å². The third-order valence-corrected chi connectivity index (χ3v) is 4.68. The van der Waals surface area contributed by atoms with Crippen LogP contribution in [0.1, 0.15) is 24.0 Å². The normalized spacial score (nSPS) is 16.2. The molecule has 0 radical (unpaired) electrons. The molecule has 0 unspecified atom stereocenters. The van der Waals surface area contributed by atoms with Gasteiger partial charge in [0.25, 0.3) is 0 Å². The smallest absolute Gasteiger partial charge is 0.320 e. The van der Waals surface area contributed by atoms with Crippen LogP contribution in [0.3, 0.4) is 0 Å². The van der Waals surface area contributed by atoms with Gasteiger partial charge < -0.3 is 37.2 Å². The van der Waals surface area contributed by atoms with Gasteiger partial charge in [0.1, 0.15) is 23.9 Å². The van der Waals surface area contributed by atoms with Crippen LogP contribution in [0.5, 0.6) is 5.75 Å². The van der Waals surface area contributed by atoms with Gasteiger partial charge in [0.05, 0.1) is 0 Å². The molecule has 1 heterocycles. The lowest BCUT2D eigenvalue weighted by Crippen LogP contribution is -2.32. The van der Waals surface area contributed by atoms with E-state index in [0.29, 0.717) is 6.42 Å². The number of carboxylic acid groups (broad SMARTS) is 3. The summed E-state index contributed by atoms with van der Waals surface area (Å²) < 4.78 is 0. The molecule has 1 fully saturated rings. The van der Waals surface area contributed by atoms with Crippen molar-refractivity contribution in [1.29, 1.82) is 0 Å². The SMILES string of the molecule is N[C@@H](Cc1ccc(O)cc1)C(=O)O.N[C@@H](Cc1ccccc1)C(=O)O.O=C(O)[C@@H]1CCCN1. The van der Waals surface area contributed by atoms with Gasteiger partial charge in [-0.15, -0.1) is 0 Å². The molecule has 2 aromatic rings. The number of aliphatic carboxylic acids is 3. The Morgan fingerprint density at radius 1 is 0.848 bits per heavy atom. The van der Waals surface area contributed by atoms with Crippen molar-refractivity contribution >= 4 is 17.9 Å². The lowest BCUT2D eigenvalue weighted by Gasteiger charge is -2.05. The lowest BCUT2D eigenvalue weighted by molar-refractivity contribution is -0.139. The van der Waals surface area contributed by atoms with Gasteiger partial charge in [0, 0.05) is 0 Å². The summed E-state index contributed by atoms with van der Waals surface area (Å²) in [5.74, 6) is -2.54. The summed E-state index contributed by atoms with van der Waals surface area (Å²) >= 11 is 0. The highest BCUT2D eigenvalue weighted by Gasteiger charge is 2.20. The molecule has 0 spiro atoms. The fourth-order valence-corrected chi connectivity index (χ4v) is 2.82. The first-order valence-electron chi connectivity index (χ1n) is 10.3. The number of benzene rings is 2. The highest BCUT2D eigenvalue weighted by Crippen LogP contribution is 2.10. The molecule has 1 aliphatic heterocycles. The predicted molar refractivity (Wildman–Crippen MR) is 122 cm³/mol. The van der Waals surface area contributed by atoms with Gasteiger partial charge in [-0.3, -0.25) is 14.4 Å². The van der Waals surface area contributed by atoms with Crippen molar-refractivity contribution < 1.29 is 34.8 Å². The quantitative estimate of drug-likeness (QED) is 0.310. The van der Waals surface area contributed by atoms with E-state index < -0.39 is 30.0 Å². The van der Waals surface area contributed by atoms with Crippen LogP contribution >= 0.6 is 0 Å². The highest BCUT2D eigenvalue weighted by atomic mass is 16.4. The zero-order valence-corrected chi connectivity index (χ0v) is 18.1. The van der Waals surface area contributed by atoms with E-state index in [2.05, 4.69) is 5.32 Å². The second kappa shape index (κ2) is 14.6. The number of hydrogen-bond acceptors (Lipinski definition) is 7. The summed E-state index contributed by atoms with van der Waals surface area (Å²) in [6, 6.07) is 13.7. The molecule has 180 valence electrons. The molecule has 10 nitrogen and oxygen atoms in total. The van der Waals surface area contributed by atoms with Crippen molar-refractivity contribution in [3.8, 4) is 5.75 Å². The molecular weight excluding hydrogens is 430 g/mol. The summed E-state index contributed by atoms with van der Waals surface area (Å²) in [4.78, 5) is 30.9. The van der Waals surface area contributed by atoms with Crippen LogP contribution in [0.15, 0.2) is 54.6 Å². The minimum atomic E-state index is -1.02. The van der Waals surface area contributed by atoms with Gasteiger partial charge in [-0.1, -0.05) is 42.5 Å². The third-order valence-electron chi connectivity index (χ3n) is 4.68. The molecule has 0 aliphatic carbocycles. The Labute approximate surface area is 191 Å². The predicted octanol–water partition coefficient (Wildman–Crippen LogP) is 0.811. The van der Waals surface area contributed by atoms with Crippen molar-refractivity contribution in [3.05, 3.63) is 65.7 Å². The van der Waals surface area contributed by atoms with E-state index in [1.165, 1.54) is 12.1 Å². The van der Waals surface area contributed by atoms with Gasteiger partial charge in [0.15, 0.2) is 0 Å². The van der Waals surface area contributed by atoms with Crippen molar-refractivity contribution in [2.75, 3.05) is 6.54 Å². The Bertz CT molecular complexity index is 869. The Morgan fingerprint density at radius 3 is 1.70 bits per heavy atom. The van der Waals surface area contributed by atoms with E-state index >= 15 is 0 Å². The van der Waals surface area contributed by atoms with Crippen LogP contribution in [0.4, 0.5) is 0 Å². The Morgan fingerprint density at radius 2 is 1.33 bits per heavy atom. The third kappa shape index (κ3) is 11.6. The molecule has 33 heavy (non-hydrogen) atoms. The van der Waals surface area contributed by atoms with Crippen LogP contribution in [-0.2, 0) is 27.2 Å². The molecule has 3 rings (SSSR count). The van der Waals surface area contributed by atoms with E-state index in [0.717, 1.165) is 30.5 Å². The molecule has 2 aromatic carbocycles. The lowest BCUT2D eigenvalue weighted by atomic mass is 10.1. The Kier molecular flexibility index (Phi) is 12.2.